The normalized spacial score (nSPS) is 15.1. The minimum absolute atomic E-state index is 0.0309. The van der Waals surface area contributed by atoms with Crippen molar-refractivity contribution in [3.8, 4) is 5.75 Å². The van der Waals surface area contributed by atoms with Gasteiger partial charge in [-0.25, -0.2) is 5.48 Å². The predicted octanol–water partition coefficient (Wildman–Crippen LogP) is 1.40. The van der Waals surface area contributed by atoms with Gasteiger partial charge in [-0.2, -0.15) is 11.8 Å². The maximum absolute atomic E-state index is 13.7. The molecule has 3 atom stereocenters. The molecule has 0 bridgehead atoms. The molecule has 5 N–H and O–H groups in total. The van der Waals surface area contributed by atoms with Crippen LogP contribution in [0.5, 0.6) is 5.75 Å². The molecule has 2 unspecified atom stereocenters. The quantitative estimate of drug-likeness (QED) is 0.220. The molecule has 9 heteroatoms. The molecule has 0 spiro atoms. The highest BCUT2D eigenvalue weighted by molar-refractivity contribution is 7.98. The molecule has 2 amide bonds. The third-order valence-electron chi connectivity index (χ3n) is 5.05. The Morgan fingerprint density at radius 2 is 1.80 bits per heavy atom. The summed E-state index contributed by atoms with van der Waals surface area (Å²) in [5, 5.41) is 11.7. The van der Waals surface area contributed by atoms with Crippen LogP contribution in [-0.4, -0.2) is 54.5 Å². The number of Topliss-reactive ketones (excluding diaryl/α,β-unsaturated/α-hetero) is 1. The van der Waals surface area contributed by atoms with Gasteiger partial charge in [-0.15, -0.1) is 0 Å². The molecule has 0 aliphatic carbocycles. The lowest BCUT2D eigenvalue weighted by atomic mass is 9.73. The minimum Gasteiger partial charge on any atom is -0.497 e. The van der Waals surface area contributed by atoms with Gasteiger partial charge in [0.2, 0.25) is 11.8 Å². The van der Waals surface area contributed by atoms with Crippen LogP contribution in [0.25, 0.3) is 0 Å². The molecular weight excluding hydrogens is 406 g/mol. The Morgan fingerprint density at radius 3 is 2.23 bits per heavy atom. The first-order chi connectivity index (χ1) is 14.1. The van der Waals surface area contributed by atoms with Crippen LogP contribution in [0, 0.1) is 17.8 Å². The van der Waals surface area contributed by atoms with Gasteiger partial charge in [0.1, 0.15) is 5.75 Å². The highest BCUT2D eigenvalue weighted by Gasteiger charge is 2.48. The van der Waals surface area contributed by atoms with Crippen LogP contribution in [0.15, 0.2) is 24.3 Å². The summed E-state index contributed by atoms with van der Waals surface area (Å²) in [4.78, 5) is 38.8. The fraction of sp³-hybridized carbons (Fsp3) is 0.571. The van der Waals surface area contributed by atoms with Gasteiger partial charge in [-0.05, 0) is 36.3 Å². The maximum Gasteiger partial charge on any atom is 0.248 e. The fourth-order valence-electron chi connectivity index (χ4n) is 3.50. The number of nitrogens with two attached hydrogens (primary N) is 1. The highest BCUT2D eigenvalue weighted by Crippen LogP contribution is 2.30. The Morgan fingerprint density at radius 1 is 1.20 bits per heavy atom. The molecule has 0 aromatic heterocycles. The molecule has 0 heterocycles. The second kappa shape index (κ2) is 11.9. The number of amides is 2. The van der Waals surface area contributed by atoms with E-state index in [-0.39, 0.29) is 12.3 Å². The average Bonchev–Trinajstić information content (AvgIpc) is 2.74. The Bertz CT molecular complexity index is 726. The van der Waals surface area contributed by atoms with Crippen LogP contribution in [0.2, 0.25) is 0 Å². The van der Waals surface area contributed by atoms with Crippen molar-refractivity contribution in [1.29, 1.82) is 0 Å². The smallest absolute Gasteiger partial charge is 0.248 e. The van der Waals surface area contributed by atoms with Crippen LogP contribution in [0.4, 0.5) is 0 Å². The van der Waals surface area contributed by atoms with Crippen molar-refractivity contribution in [3.05, 3.63) is 29.8 Å². The number of likely N-dealkylation sites (N-methyl/N-ethyl adjacent to an activating group) is 1. The zero-order valence-electron chi connectivity index (χ0n) is 18.2. The van der Waals surface area contributed by atoms with Crippen molar-refractivity contribution in [2.75, 3.05) is 26.2 Å². The van der Waals surface area contributed by atoms with Crippen LogP contribution in [0.1, 0.15) is 25.8 Å². The number of carbonyl (C=O) groups excluding carboxylic acids is 3. The standard InChI is InChI=1S/C21H33N3O5S/c1-13(2)10-16(17(12-30-5)19(26)24-28)18(25)21(22,20(27)23-3)11-14-6-8-15(29-4)9-7-14/h6-9,13,16-17,28H,10-12,22H2,1-5H3,(H,23,27)(H,24,26)/t16?,17?,21-/m1/s1. The summed E-state index contributed by atoms with van der Waals surface area (Å²) in [6, 6.07) is 6.94. The number of benzene rings is 1. The molecule has 0 aliphatic rings. The number of rotatable bonds is 12. The third kappa shape index (κ3) is 6.45. The summed E-state index contributed by atoms with van der Waals surface area (Å²) >= 11 is 1.38. The summed E-state index contributed by atoms with van der Waals surface area (Å²) in [7, 11) is 2.97. The van der Waals surface area contributed by atoms with E-state index >= 15 is 0 Å². The number of hydrogen-bond acceptors (Lipinski definition) is 7. The van der Waals surface area contributed by atoms with Gasteiger partial charge in [0.05, 0.1) is 13.0 Å². The number of ether oxygens (including phenoxy) is 1. The van der Waals surface area contributed by atoms with Crippen molar-refractivity contribution in [3.63, 3.8) is 0 Å². The molecule has 0 saturated heterocycles. The van der Waals surface area contributed by atoms with Crippen molar-refractivity contribution in [2.45, 2.75) is 32.2 Å². The Kier molecular flexibility index (Phi) is 10.3. The van der Waals surface area contributed by atoms with Crippen LogP contribution < -0.4 is 21.3 Å². The fourth-order valence-corrected chi connectivity index (χ4v) is 4.24. The number of methoxy groups -OCH3 is 1. The zero-order valence-corrected chi connectivity index (χ0v) is 19.0. The maximum atomic E-state index is 13.7. The number of thioether (sulfide) groups is 1. The SMILES string of the molecule is CNC(=O)[C@@](N)(Cc1ccc(OC)cc1)C(=O)C(CC(C)C)C(CSC)C(=O)NO. The number of carbonyl (C=O) groups is 3. The molecule has 0 saturated carbocycles. The molecule has 168 valence electrons. The Balaban J connectivity index is 3.39. The van der Waals surface area contributed by atoms with E-state index in [1.54, 1.807) is 43.1 Å². The van der Waals surface area contributed by atoms with Crippen molar-refractivity contribution in [2.24, 2.45) is 23.5 Å². The van der Waals surface area contributed by atoms with Crippen LogP contribution >= 0.6 is 11.8 Å². The van der Waals surface area contributed by atoms with Crippen molar-refractivity contribution < 1.29 is 24.3 Å². The summed E-state index contributed by atoms with van der Waals surface area (Å²) in [6.07, 6.45) is 2.13. The van der Waals surface area contributed by atoms with E-state index in [2.05, 4.69) is 5.32 Å². The van der Waals surface area contributed by atoms with Crippen molar-refractivity contribution >= 4 is 29.4 Å². The van der Waals surface area contributed by atoms with E-state index in [0.29, 0.717) is 23.5 Å². The van der Waals surface area contributed by atoms with Gasteiger partial charge in [-0.3, -0.25) is 19.6 Å². The zero-order chi connectivity index (χ0) is 22.9. The Hall–Kier alpha value is -2.10. The van der Waals surface area contributed by atoms with E-state index in [1.165, 1.54) is 18.8 Å². The van der Waals surface area contributed by atoms with Gasteiger partial charge in [0, 0.05) is 25.1 Å². The predicted molar refractivity (Wildman–Crippen MR) is 117 cm³/mol. The molecule has 8 nitrogen and oxygen atoms in total. The topological polar surface area (TPSA) is 131 Å². The lowest BCUT2D eigenvalue weighted by molar-refractivity contribution is -0.144. The molecule has 30 heavy (non-hydrogen) atoms. The number of ketones is 1. The van der Waals surface area contributed by atoms with Gasteiger partial charge in [-0.1, -0.05) is 26.0 Å². The number of hydroxylamine groups is 1. The van der Waals surface area contributed by atoms with Gasteiger partial charge < -0.3 is 15.8 Å². The van der Waals surface area contributed by atoms with E-state index in [0.717, 1.165) is 0 Å². The van der Waals surface area contributed by atoms with E-state index < -0.39 is 35.0 Å². The summed E-state index contributed by atoms with van der Waals surface area (Å²) in [5.74, 6) is -2.42. The number of hydrogen-bond donors (Lipinski definition) is 4. The largest absolute Gasteiger partial charge is 0.497 e. The van der Waals surface area contributed by atoms with Gasteiger partial charge >= 0.3 is 0 Å². The van der Waals surface area contributed by atoms with E-state index in [1.807, 2.05) is 13.8 Å². The number of nitrogens with one attached hydrogen (secondary N) is 2. The third-order valence-corrected chi connectivity index (χ3v) is 5.75. The molecule has 1 aromatic rings. The van der Waals surface area contributed by atoms with Crippen LogP contribution in [0.3, 0.4) is 0 Å². The molecule has 0 fully saturated rings. The second-order valence-electron chi connectivity index (χ2n) is 7.71. The van der Waals surface area contributed by atoms with Gasteiger partial charge in [0.25, 0.3) is 0 Å². The summed E-state index contributed by atoms with van der Waals surface area (Å²) in [5.41, 5.74) is 6.93. The molecule has 1 aromatic carbocycles. The second-order valence-corrected chi connectivity index (χ2v) is 8.62. The molecule has 0 aliphatic heterocycles. The molecule has 1 rings (SSSR count). The first-order valence-corrected chi connectivity index (χ1v) is 11.1. The van der Waals surface area contributed by atoms with Crippen LogP contribution in [-0.2, 0) is 20.8 Å². The van der Waals surface area contributed by atoms with E-state index in [9.17, 15) is 19.6 Å². The lowest BCUT2D eigenvalue weighted by Crippen LogP contribution is -2.63. The molecular formula is C21H33N3O5S. The summed E-state index contributed by atoms with van der Waals surface area (Å²) in [6.45, 7) is 3.85. The van der Waals surface area contributed by atoms with Gasteiger partial charge in [0.15, 0.2) is 11.3 Å². The molecule has 0 radical (unpaired) electrons. The highest BCUT2D eigenvalue weighted by atomic mass is 32.2. The minimum atomic E-state index is -1.87. The van der Waals surface area contributed by atoms with Crippen molar-refractivity contribution in [1.82, 2.24) is 10.8 Å². The van der Waals surface area contributed by atoms with E-state index in [4.69, 9.17) is 10.5 Å². The monoisotopic (exact) mass is 439 g/mol. The average molecular weight is 440 g/mol. The summed E-state index contributed by atoms with van der Waals surface area (Å²) < 4.78 is 5.15. The Labute approximate surface area is 182 Å². The first kappa shape index (κ1) is 25.9. The lowest BCUT2D eigenvalue weighted by Gasteiger charge is -2.34. The first-order valence-electron chi connectivity index (χ1n) is 9.75.